The number of nitrogens with one attached hydrogen (secondary N) is 1. The van der Waals surface area contributed by atoms with Crippen LogP contribution in [0.4, 0.5) is 5.69 Å². The van der Waals surface area contributed by atoms with Gasteiger partial charge in [-0.25, -0.2) is 4.79 Å². The molecule has 0 saturated heterocycles. The fourth-order valence-corrected chi connectivity index (χ4v) is 1.70. The fraction of sp³-hybridized carbons (Fsp3) is 0.133. The molecule has 108 valence electrons. The third-order valence-corrected chi connectivity index (χ3v) is 2.81. The Hall–Kier alpha value is -2.89. The van der Waals surface area contributed by atoms with Crippen LogP contribution in [0.5, 0.6) is 0 Å². The van der Waals surface area contributed by atoms with Crippen molar-refractivity contribution in [3.63, 3.8) is 0 Å². The van der Waals surface area contributed by atoms with Crippen LogP contribution in [-0.4, -0.2) is 26.8 Å². The van der Waals surface area contributed by atoms with E-state index in [4.69, 9.17) is 5.11 Å². The molecule has 1 amide bonds. The molecule has 0 aliphatic rings. The smallest absolute Gasteiger partial charge is 0.328 e. The van der Waals surface area contributed by atoms with Crippen LogP contribution in [0.2, 0.25) is 0 Å². The highest BCUT2D eigenvalue weighted by molar-refractivity contribution is 6.03. The molecule has 0 bridgehead atoms. The number of carboxylic acid groups (broad SMARTS) is 1. The van der Waals surface area contributed by atoms with Gasteiger partial charge in [-0.05, 0) is 30.7 Å². The van der Waals surface area contributed by atoms with Gasteiger partial charge in [0.05, 0.1) is 11.8 Å². The van der Waals surface area contributed by atoms with Crippen molar-refractivity contribution < 1.29 is 14.7 Å². The van der Waals surface area contributed by atoms with Gasteiger partial charge in [-0.2, -0.15) is 5.10 Å². The minimum Gasteiger partial charge on any atom is -0.478 e. The van der Waals surface area contributed by atoms with Gasteiger partial charge in [0.25, 0.3) is 5.91 Å². The number of rotatable bonds is 5. The van der Waals surface area contributed by atoms with Crippen LogP contribution in [0.15, 0.2) is 42.7 Å². The van der Waals surface area contributed by atoms with E-state index < -0.39 is 5.97 Å². The molecule has 1 heterocycles. The molecule has 0 unspecified atom stereocenters. The second-order valence-corrected chi connectivity index (χ2v) is 4.33. The number of carboxylic acids is 1. The molecule has 6 nitrogen and oxygen atoms in total. The maximum Gasteiger partial charge on any atom is 0.328 e. The second kappa shape index (κ2) is 6.51. The van der Waals surface area contributed by atoms with Crippen LogP contribution >= 0.6 is 0 Å². The summed E-state index contributed by atoms with van der Waals surface area (Å²) < 4.78 is 1.68. The minimum absolute atomic E-state index is 0.233. The summed E-state index contributed by atoms with van der Waals surface area (Å²) in [5.41, 5.74) is 1.87. The maximum absolute atomic E-state index is 12.0. The molecular formula is C15H15N3O3. The predicted molar refractivity (Wildman–Crippen MR) is 79.0 cm³/mol. The number of carbonyl (C=O) groups excluding carboxylic acids is 1. The van der Waals surface area contributed by atoms with E-state index in [0.29, 0.717) is 17.8 Å². The van der Waals surface area contributed by atoms with E-state index in [1.807, 2.05) is 6.92 Å². The Labute approximate surface area is 121 Å². The summed E-state index contributed by atoms with van der Waals surface area (Å²) in [6.07, 6.45) is 5.74. The summed E-state index contributed by atoms with van der Waals surface area (Å²) in [4.78, 5) is 22.4. The van der Waals surface area contributed by atoms with Crippen molar-refractivity contribution in [3.05, 3.63) is 53.9 Å². The lowest BCUT2D eigenvalue weighted by Gasteiger charge is -2.03. The lowest BCUT2D eigenvalue weighted by Crippen LogP contribution is -2.11. The molecule has 0 aliphatic carbocycles. The molecule has 0 aliphatic heterocycles. The highest BCUT2D eigenvalue weighted by atomic mass is 16.4. The van der Waals surface area contributed by atoms with Gasteiger partial charge in [0.2, 0.25) is 0 Å². The molecule has 0 spiro atoms. The molecule has 0 saturated carbocycles. The Morgan fingerprint density at radius 2 is 2.05 bits per heavy atom. The monoisotopic (exact) mass is 285 g/mol. The lowest BCUT2D eigenvalue weighted by atomic mass is 10.2. The van der Waals surface area contributed by atoms with Gasteiger partial charge >= 0.3 is 5.97 Å². The third kappa shape index (κ3) is 4.04. The van der Waals surface area contributed by atoms with Crippen molar-refractivity contribution in [3.8, 4) is 0 Å². The van der Waals surface area contributed by atoms with Gasteiger partial charge in [-0.1, -0.05) is 12.1 Å². The number of anilines is 1. The number of aliphatic carboxylic acids is 1. The number of nitrogens with zero attached hydrogens (tertiary/aromatic N) is 2. The van der Waals surface area contributed by atoms with Crippen molar-refractivity contribution >= 4 is 23.6 Å². The average Bonchev–Trinajstić information content (AvgIpc) is 2.95. The van der Waals surface area contributed by atoms with Crippen LogP contribution in [0.3, 0.4) is 0 Å². The molecule has 0 radical (unpaired) electrons. The first-order valence-electron chi connectivity index (χ1n) is 6.43. The number of hydrogen-bond acceptors (Lipinski definition) is 3. The first-order valence-corrected chi connectivity index (χ1v) is 6.43. The number of aryl methyl sites for hydroxylation is 1. The molecule has 0 atom stereocenters. The summed E-state index contributed by atoms with van der Waals surface area (Å²) in [6.45, 7) is 2.65. The molecule has 2 N–H and O–H groups in total. The minimum atomic E-state index is -1.000. The number of hydrogen-bond donors (Lipinski definition) is 2. The topological polar surface area (TPSA) is 84.2 Å². The first-order chi connectivity index (χ1) is 10.1. The Balaban J connectivity index is 2.02. The summed E-state index contributed by atoms with van der Waals surface area (Å²) >= 11 is 0. The van der Waals surface area contributed by atoms with Crippen molar-refractivity contribution in [2.75, 3.05) is 5.32 Å². The van der Waals surface area contributed by atoms with Crippen LogP contribution in [0.1, 0.15) is 22.8 Å². The highest BCUT2D eigenvalue weighted by Crippen LogP contribution is 2.12. The number of amides is 1. The predicted octanol–water partition coefficient (Wildman–Crippen LogP) is 2.25. The molecule has 2 aromatic rings. The summed E-state index contributed by atoms with van der Waals surface area (Å²) in [6, 6.07) is 6.88. The van der Waals surface area contributed by atoms with E-state index in [0.717, 1.165) is 11.6 Å². The molecule has 2 rings (SSSR count). The van der Waals surface area contributed by atoms with E-state index in [-0.39, 0.29) is 5.91 Å². The fourth-order valence-electron chi connectivity index (χ4n) is 1.70. The zero-order valence-electron chi connectivity index (χ0n) is 11.5. The average molecular weight is 285 g/mol. The Bertz CT molecular complexity index is 672. The quantitative estimate of drug-likeness (QED) is 0.825. The first kappa shape index (κ1) is 14.5. The van der Waals surface area contributed by atoms with Gasteiger partial charge in [0.15, 0.2) is 0 Å². The Morgan fingerprint density at radius 1 is 1.33 bits per heavy atom. The zero-order chi connectivity index (χ0) is 15.2. The SMILES string of the molecule is CCn1cc(C(=O)Nc2ccc(/C=C/C(=O)O)cc2)cn1. The Morgan fingerprint density at radius 3 is 2.62 bits per heavy atom. The van der Waals surface area contributed by atoms with E-state index in [1.165, 1.54) is 12.3 Å². The van der Waals surface area contributed by atoms with Crippen LogP contribution in [0.25, 0.3) is 6.08 Å². The molecule has 1 aromatic heterocycles. The number of carbonyl (C=O) groups is 2. The zero-order valence-corrected chi connectivity index (χ0v) is 11.5. The van der Waals surface area contributed by atoms with Gasteiger partial charge in [0, 0.05) is 24.5 Å². The second-order valence-electron chi connectivity index (χ2n) is 4.33. The summed E-state index contributed by atoms with van der Waals surface area (Å²) in [7, 11) is 0. The van der Waals surface area contributed by atoms with Crippen molar-refractivity contribution in [2.24, 2.45) is 0 Å². The lowest BCUT2D eigenvalue weighted by molar-refractivity contribution is -0.131. The summed E-state index contributed by atoms with van der Waals surface area (Å²) in [5.74, 6) is -1.23. The van der Waals surface area contributed by atoms with Crippen LogP contribution in [-0.2, 0) is 11.3 Å². The number of aromatic nitrogens is 2. The van der Waals surface area contributed by atoms with Crippen LogP contribution < -0.4 is 5.32 Å². The normalized spacial score (nSPS) is 10.7. The molecule has 0 fully saturated rings. The molecular weight excluding hydrogens is 270 g/mol. The van der Waals surface area contributed by atoms with E-state index in [9.17, 15) is 9.59 Å². The van der Waals surface area contributed by atoms with Gasteiger partial charge in [0.1, 0.15) is 0 Å². The molecule has 6 heteroatoms. The van der Waals surface area contributed by atoms with E-state index in [2.05, 4.69) is 10.4 Å². The van der Waals surface area contributed by atoms with Gasteiger partial charge in [-0.3, -0.25) is 9.48 Å². The van der Waals surface area contributed by atoms with E-state index in [1.54, 1.807) is 35.1 Å². The largest absolute Gasteiger partial charge is 0.478 e. The van der Waals surface area contributed by atoms with Gasteiger partial charge < -0.3 is 10.4 Å². The summed E-state index contributed by atoms with van der Waals surface area (Å²) in [5, 5.41) is 15.3. The van der Waals surface area contributed by atoms with E-state index >= 15 is 0 Å². The molecule has 1 aromatic carbocycles. The van der Waals surface area contributed by atoms with Crippen molar-refractivity contribution in [1.82, 2.24) is 9.78 Å². The van der Waals surface area contributed by atoms with Crippen molar-refractivity contribution in [2.45, 2.75) is 13.5 Å². The molecule has 21 heavy (non-hydrogen) atoms. The highest BCUT2D eigenvalue weighted by Gasteiger charge is 2.08. The van der Waals surface area contributed by atoms with Gasteiger partial charge in [-0.15, -0.1) is 0 Å². The van der Waals surface area contributed by atoms with Crippen molar-refractivity contribution in [1.29, 1.82) is 0 Å². The maximum atomic E-state index is 12.0. The van der Waals surface area contributed by atoms with Crippen LogP contribution in [0, 0.1) is 0 Å². The number of benzene rings is 1. The Kier molecular flexibility index (Phi) is 4.50. The standard InChI is InChI=1S/C15H15N3O3/c1-2-18-10-12(9-16-18)15(21)17-13-6-3-11(4-7-13)5-8-14(19)20/h3-10H,2H2,1H3,(H,17,21)(H,19,20)/b8-5+. The third-order valence-electron chi connectivity index (χ3n) is 2.81.